The van der Waals surface area contributed by atoms with Gasteiger partial charge in [0.05, 0.1) is 0 Å². The summed E-state index contributed by atoms with van der Waals surface area (Å²) in [6.07, 6.45) is 4.47. The van der Waals surface area contributed by atoms with Crippen LogP contribution in [0.4, 0.5) is 0 Å². The van der Waals surface area contributed by atoms with Gasteiger partial charge >= 0.3 is 0 Å². The van der Waals surface area contributed by atoms with Crippen LogP contribution in [0.1, 0.15) is 56.6 Å². The van der Waals surface area contributed by atoms with Crippen LogP contribution in [0.3, 0.4) is 0 Å². The average Bonchev–Trinajstić information content (AvgIpc) is 2.83. The van der Waals surface area contributed by atoms with Crippen LogP contribution >= 0.6 is 0 Å². The number of Topliss-reactive ketones (excluding diaryl/α,β-unsaturated/α-hetero) is 2. The molecule has 1 aromatic carbocycles. The third-order valence-electron chi connectivity index (χ3n) is 6.96. The molecule has 0 aromatic heterocycles. The number of phenolic OH excluding ortho intramolecular Hbond substituents is 1. The van der Waals surface area contributed by atoms with Crippen LogP contribution in [-0.2, 0) is 16.0 Å². The summed E-state index contributed by atoms with van der Waals surface area (Å²) in [5.74, 6) is 1.70. The van der Waals surface area contributed by atoms with Crippen LogP contribution in [0.5, 0.6) is 5.75 Å². The van der Waals surface area contributed by atoms with Crippen molar-refractivity contribution in [3.05, 3.63) is 29.3 Å². The number of aryl methyl sites for hydroxylation is 1. The fraction of sp³-hybridized carbons (Fsp3) is 0.600. The fourth-order valence-electron chi connectivity index (χ4n) is 6.05. The third-order valence-corrected chi connectivity index (χ3v) is 6.96. The molecule has 23 heavy (non-hydrogen) atoms. The molecule has 0 heterocycles. The SMILES string of the molecule is CC(=O)C1CCC2C3CCc4cc(O)ccc4C3C(=O)CC12C. The molecule has 2 fully saturated rings. The summed E-state index contributed by atoms with van der Waals surface area (Å²) >= 11 is 0. The molecule has 1 aromatic rings. The molecule has 3 aliphatic rings. The molecular formula is C20H24O3. The van der Waals surface area contributed by atoms with E-state index in [1.54, 1.807) is 13.0 Å². The van der Waals surface area contributed by atoms with E-state index in [0.29, 0.717) is 24.0 Å². The summed E-state index contributed by atoms with van der Waals surface area (Å²) in [5.41, 5.74) is 2.11. The third kappa shape index (κ3) is 2.02. The molecule has 0 radical (unpaired) electrons. The molecule has 3 nitrogen and oxygen atoms in total. The second-order valence-corrected chi connectivity index (χ2v) is 8.06. The fourth-order valence-corrected chi connectivity index (χ4v) is 6.05. The van der Waals surface area contributed by atoms with Crippen LogP contribution in [-0.4, -0.2) is 16.7 Å². The molecule has 3 heteroatoms. The van der Waals surface area contributed by atoms with Gasteiger partial charge in [0.2, 0.25) is 0 Å². The molecular weight excluding hydrogens is 288 g/mol. The second-order valence-electron chi connectivity index (χ2n) is 8.06. The number of phenols is 1. The number of benzene rings is 1. The van der Waals surface area contributed by atoms with Gasteiger partial charge in [-0.1, -0.05) is 13.0 Å². The molecule has 0 spiro atoms. The summed E-state index contributed by atoms with van der Waals surface area (Å²) in [4.78, 5) is 25.1. The number of hydrogen-bond acceptors (Lipinski definition) is 3. The molecule has 122 valence electrons. The average molecular weight is 312 g/mol. The van der Waals surface area contributed by atoms with Crippen molar-refractivity contribution < 1.29 is 14.7 Å². The first-order valence-electron chi connectivity index (χ1n) is 8.77. The van der Waals surface area contributed by atoms with Crippen LogP contribution in [0, 0.1) is 23.2 Å². The number of aromatic hydroxyl groups is 1. The van der Waals surface area contributed by atoms with Crippen molar-refractivity contribution in [3.8, 4) is 5.75 Å². The van der Waals surface area contributed by atoms with Gasteiger partial charge in [0, 0.05) is 18.3 Å². The molecule has 0 bridgehead atoms. The molecule has 4 rings (SSSR count). The number of hydrogen-bond donors (Lipinski definition) is 1. The number of ketones is 2. The second kappa shape index (κ2) is 4.93. The molecule has 3 aliphatic carbocycles. The summed E-state index contributed by atoms with van der Waals surface area (Å²) < 4.78 is 0. The first-order valence-corrected chi connectivity index (χ1v) is 8.77. The Morgan fingerprint density at radius 1 is 1.26 bits per heavy atom. The Bertz CT molecular complexity index is 692. The molecule has 1 N–H and O–H groups in total. The van der Waals surface area contributed by atoms with E-state index in [-0.39, 0.29) is 28.8 Å². The summed E-state index contributed by atoms with van der Waals surface area (Å²) in [5, 5.41) is 9.71. The Balaban J connectivity index is 1.76. The van der Waals surface area contributed by atoms with Gasteiger partial charge in [0.15, 0.2) is 0 Å². The number of carbonyl (C=O) groups excluding carboxylic acids is 2. The van der Waals surface area contributed by atoms with Crippen molar-refractivity contribution in [1.82, 2.24) is 0 Å². The molecule has 0 amide bonds. The van der Waals surface area contributed by atoms with Gasteiger partial charge in [-0.15, -0.1) is 0 Å². The van der Waals surface area contributed by atoms with Crippen molar-refractivity contribution in [2.24, 2.45) is 23.2 Å². The lowest BCUT2D eigenvalue weighted by Crippen LogP contribution is -2.47. The molecule has 5 atom stereocenters. The summed E-state index contributed by atoms with van der Waals surface area (Å²) in [6, 6.07) is 5.47. The maximum Gasteiger partial charge on any atom is 0.141 e. The molecule has 0 saturated heterocycles. The minimum Gasteiger partial charge on any atom is -0.508 e. The van der Waals surface area contributed by atoms with Crippen molar-refractivity contribution >= 4 is 11.6 Å². The van der Waals surface area contributed by atoms with Gasteiger partial charge in [0.25, 0.3) is 0 Å². The minimum absolute atomic E-state index is 0.0249. The molecule has 5 unspecified atom stereocenters. The van der Waals surface area contributed by atoms with Crippen LogP contribution in [0.15, 0.2) is 18.2 Å². The van der Waals surface area contributed by atoms with Gasteiger partial charge in [-0.05, 0) is 73.1 Å². The Hall–Kier alpha value is -1.64. The zero-order valence-corrected chi connectivity index (χ0v) is 13.8. The monoisotopic (exact) mass is 312 g/mol. The van der Waals surface area contributed by atoms with E-state index in [1.165, 1.54) is 0 Å². The Labute approximate surface area is 137 Å². The van der Waals surface area contributed by atoms with Gasteiger partial charge in [-0.2, -0.15) is 0 Å². The highest BCUT2D eigenvalue weighted by atomic mass is 16.3. The largest absolute Gasteiger partial charge is 0.508 e. The number of rotatable bonds is 1. The van der Waals surface area contributed by atoms with Gasteiger partial charge in [-0.25, -0.2) is 0 Å². The highest BCUT2D eigenvalue weighted by Gasteiger charge is 2.58. The van der Waals surface area contributed by atoms with Crippen molar-refractivity contribution in [2.75, 3.05) is 0 Å². The summed E-state index contributed by atoms with van der Waals surface area (Å²) in [7, 11) is 0. The number of fused-ring (bicyclic) bond motifs is 5. The van der Waals surface area contributed by atoms with Gasteiger partial charge in [-0.3, -0.25) is 9.59 Å². The predicted octanol–water partition coefficient (Wildman–Crippen LogP) is 3.63. The minimum atomic E-state index is -0.140. The van der Waals surface area contributed by atoms with Crippen molar-refractivity contribution in [3.63, 3.8) is 0 Å². The van der Waals surface area contributed by atoms with E-state index in [0.717, 1.165) is 36.8 Å². The van der Waals surface area contributed by atoms with E-state index < -0.39 is 0 Å². The molecule has 0 aliphatic heterocycles. The van der Waals surface area contributed by atoms with Crippen LogP contribution < -0.4 is 0 Å². The Kier molecular flexibility index (Phi) is 3.20. The Morgan fingerprint density at radius 3 is 2.78 bits per heavy atom. The van der Waals surface area contributed by atoms with E-state index in [1.807, 2.05) is 12.1 Å². The van der Waals surface area contributed by atoms with Gasteiger partial charge in [0.1, 0.15) is 17.3 Å². The highest BCUT2D eigenvalue weighted by molar-refractivity contribution is 5.90. The Morgan fingerprint density at radius 2 is 2.04 bits per heavy atom. The zero-order valence-electron chi connectivity index (χ0n) is 13.8. The van der Waals surface area contributed by atoms with Crippen LogP contribution in [0.25, 0.3) is 0 Å². The lowest BCUT2D eigenvalue weighted by atomic mass is 9.53. The smallest absolute Gasteiger partial charge is 0.141 e. The summed E-state index contributed by atoms with van der Waals surface area (Å²) in [6.45, 7) is 3.87. The highest BCUT2D eigenvalue weighted by Crippen LogP contribution is 2.62. The first kappa shape index (κ1) is 14.9. The maximum absolute atomic E-state index is 13.0. The quantitative estimate of drug-likeness (QED) is 0.861. The van der Waals surface area contributed by atoms with Gasteiger partial charge < -0.3 is 5.11 Å². The normalized spacial score (nSPS) is 38.6. The van der Waals surface area contributed by atoms with E-state index >= 15 is 0 Å². The first-order chi connectivity index (χ1) is 10.9. The predicted molar refractivity (Wildman–Crippen MR) is 87.3 cm³/mol. The van der Waals surface area contributed by atoms with Crippen molar-refractivity contribution in [2.45, 2.75) is 51.9 Å². The van der Waals surface area contributed by atoms with Crippen molar-refractivity contribution in [1.29, 1.82) is 0 Å². The van der Waals surface area contributed by atoms with E-state index in [2.05, 4.69) is 6.92 Å². The number of carbonyl (C=O) groups is 2. The lowest BCUT2D eigenvalue weighted by molar-refractivity contribution is -0.135. The maximum atomic E-state index is 13.0. The standard InChI is InChI=1S/C20H24O3/c1-11(21)16-7-8-17-15-5-3-12-9-13(22)4-6-14(12)19(15)18(23)10-20(16,17)2/h4,6,9,15-17,19,22H,3,5,7-8,10H2,1-2H3. The van der Waals surface area contributed by atoms with E-state index in [9.17, 15) is 14.7 Å². The molecule has 2 saturated carbocycles. The van der Waals surface area contributed by atoms with E-state index in [4.69, 9.17) is 0 Å². The lowest BCUT2D eigenvalue weighted by Gasteiger charge is -2.49. The topological polar surface area (TPSA) is 54.4 Å². The van der Waals surface area contributed by atoms with Crippen LogP contribution in [0.2, 0.25) is 0 Å². The zero-order chi connectivity index (χ0) is 16.4.